The summed E-state index contributed by atoms with van der Waals surface area (Å²) in [5.74, 6) is 0.360. The molecule has 1 aromatic heterocycles. The van der Waals surface area contributed by atoms with Crippen LogP contribution in [0.15, 0.2) is 54.9 Å². The molecule has 3 aromatic rings. The molecule has 2 aromatic carbocycles. The zero-order chi connectivity index (χ0) is 19.4. The smallest absolute Gasteiger partial charge is 0.261 e. The number of benzene rings is 2. The second-order valence-corrected chi connectivity index (χ2v) is 6.63. The van der Waals surface area contributed by atoms with Gasteiger partial charge in [-0.3, -0.25) is 4.79 Å². The molecule has 0 unspecified atom stereocenters. The van der Waals surface area contributed by atoms with Gasteiger partial charge in [-0.25, -0.2) is 9.97 Å². The number of hydrogen-bond donors (Lipinski definition) is 1. The number of aromatic nitrogens is 2. The Balaban J connectivity index is 1.78. The van der Waals surface area contributed by atoms with E-state index in [1.165, 1.54) is 5.56 Å². The fourth-order valence-electron chi connectivity index (χ4n) is 2.97. The van der Waals surface area contributed by atoms with E-state index in [2.05, 4.69) is 28.3 Å². The number of carbonyl (C=O) groups excluding carboxylic acids is 1. The number of amides is 1. The number of carbonyl (C=O) groups is 1. The molecular weight excluding hydrogens is 336 g/mol. The van der Waals surface area contributed by atoms with Gasteiger partial charge < -0.3 is 10.2 Å². The van der Waals surface area contributed by atoms with Gasteiger partial charge in [0.2, 0.25) is 5.95 Å². The van der Waals surface area contributed by atoms with E-state index in [4.69, 9.17) is 0 Å². The van der Waals surface area contributed by atoms with Crippen molar-refractivity contribution in [1.82, 2.24) is 9.97 Å². The number of anilines is 3. The fraction of sp³-hybridized carbons (Fsp3) is 0.227. The van der Waals surface area contributed by atoms with E-state index in [0.717, 1.165) is 22.5 Å². The Morgan fingerprint density at radius 2 is 1.70 bits per heavy atom. The van der Waals surface area contributed by atoms with Crippen LogP contribution in [0.1, 0.15) is 34.0 Å². The molecule has 1 amide bonds. The van der Waals surface area contributed by atoms with E-state index in [0.29, 0.717) is 18.1 Å². The molecule has 138 valence electrons. The van der Waals surface area contributed by atoms with Crippen LogP contribution in [0.5, 0.6) is 0 Å². The van der Waals surface area contributed by atoms with Gasteiger partial charge in [-0.15, -0.1) is 0 Å². The van der Waals surface area contributed by atoms with Crippen LogP contribution in [0.2, 0.25) is 0 Å². The van der Waals surface area contributed by atoms with E-state index >= 15 is 0 Å². The van der Waals surface area contributed by atoms with E-state index < -0.39 is 0 Å². The predicted molar refractivity (Wildman–Crippen MR) is 110 cm³/mol. The summed E-state index contributed by atoms with van der Waals surface area (Å²) in [7, 11) is 0. The van der Waals surface area contributed by atoms with Gasteiger partial charge in [0.05, 0.1) is 5.56 Å². The van der Waals surface area contributed by atoms with Crippen LogP contribution in [-0.2, 0) is 0 Å². The highest BCUT2D eigenvalue weighted by Gasteiger charge is 2.17. The molecule has 0 saturated heterocycles. The van der Waals surface area contributed by atoms with Gasteiger partial charge >= 0.3 is 0 Å². The lowest BCUT2D eigenvalue weighted by atomic mass is 10.1. The van der Waals surface area contributed by atoms with Crippen molar-refractivity contribution >= 4 is 23.2 Å². The molecule has 0 radical (unpaired) electrons. The van der Waals surface area contributed by atoms with Gasteiger partial charge in [0, 0.05) is 30.3 Å². The maximum absolute atomic E-state index is 12.9. The molecule has 5 heteroatoms. The molecule has 3 rings (SSSR count). The Bertz CT molecular complexity index is 951. The number of rotatable bonds is 5. The van der Waals surface area contributed by atoms with Crippen molar-refractivity contribution in [2.75, 3.05) is 16.8 Å². The molecule has 27 heavy (non-hydrogen) atoms. The summed E-state index contributed by atoms with van der Waals surface area (Å²) in [5, 5.41) is 3.20. The minimum Gasteiger partial charge on any atom is -0.324 e. The second-order valence-electron chi connectivity index (χ2n) is 6.63. The number of nitrogens with zero attached hydrogens (tertiary/aromatic N) is 3. The topological polar surface area (TPSA) is 58.1 Å². The first-order chi connectivity index (χ1) is 13.0. The number of nitrogens with one attached hydrogen (secondary N) is 1. The highest BCUT2D eigenvalue weighted by atomic mass is 16.2. The van der Waals surface area contributed by atoms with Crippen molar-refractivity contribution in [3.8, 4) is 0 Å². The lowest BCUT2D eigenvalue weighted by Crippen LogP contribution is -2.30. The predicted octanol–water partition coefficient (Wildman–Crippen LogP) is 4.81. The average molecular weight is 360 g/mol. The van der Waals surface area contributed by atoms with Crippen LogP contribution < -0.4 is 10.2 Å². The molecule has 0 aliphatic rings. The summed E-state index contributed by atoms with van der Waals surface area (Å²) < 4.78 is 0. The number of hydrogen-bond acceptors (Lipinski definition) is 4. The van der Waals surface area contributed by atoms with E-state index in [-0.39, 0.29) is 5.91 Å². The molecule has 1 heterocycles. The fourth-order valence-corrected chi connectivity index (χ4v) is 2.97. The second kappa shape index (κ2) is 7.99. The Labute approximate surface area is 160 Å². The Kier molecular flexibility index (Phi) is 5.50. The summed E-state index contributed by atoms with van der Waals surface area (Å²) in [6.07, 6.45) is 3.14. The summed E-state index contributed by atoms with van der Waals surface area (Å²) in [4.78, 5) is 23.2. The molecule has 5 nitrogen and oxygen atoms in total. The van der Waals surface area contributed by atoms with Crippen molar-refractivity contribution in [1.29, 1.82) is 0 Å². The Morgan fingerprint density at radius 1 is 1.00 bits per heavy atom. The third-order valence-corrected chi connectivity index (χ3v) is 4.40. The summed E-state index contributed by atoms with van der Waals surface area (Å²) >= 11 is 0. The minimum absolute atomic E-state index is 0.110. The molecule has 1 N–H and O–H groups in total. The first kappa shape index (κ1) is 18.6. The SMILES string of the molecule is CCN(C(=O)c1cnc(Nc2ccc(C)cc2C)nc1)c1cccc(C)c1. The number of aryl methyl sites for hydroxylation is 3. The molecule has 0 aliphatic heterocycles. The van der Waals surface area contributed by atoms with Gasteiger partial charge in [0.25, 0.3) is 5.91 Å². The summed E-state index contributed by atoms with van der Waals surface area (Å²) in [5.41, 5.74) is 5.73. The molecule has 0 aliphatic carbocycles. The standard InChI is InChI=1S/C22H24N4O/c1-5-26(19-8-6-7-15(2)12-19)21(27)18-13-23-22(24-14-18)25-20-10-9-16(3)11-17(20)4/h6-14H,5H2,1-4H3,(H,23,24,25). The van der Waals surface area contributed by atoms with Gasteiger partial charge in [0.1, 0.15) is 0 Å². The third-order valence-electron chi connectivity index (χ3n) is 4.40. The molecule has 0 atom stereocenters. The van der Waals surface area contributed by atoms with Crippen LogP contribution in [0.3, 0.4) is 0 Å². The van der Waals surface area contributed by atoms with Crippen LogP contribution in [0, 0.1) is 20.8 Å². The maximum Gasteiger partial charge on any atom is 0.261 e. The lowest BCUT2D eigenvalue weighted by Gasteiger charge is -2.21. The first-order valence-electron chi connectivity index (χ1n) is 9.03. The third kappa shape index (κ3) is 4.31. The van der Waals surface area contributed by atoms with Crippen molar-refractivity contribution < 1.29 is 4.79 Å². The maximum atomic E-state index is 12.9. The van der Waals surface area contributed by atoms with Crippen LogP contribution in [-0.4, -0.2) is 22.4 Å². The zero-order valence-corrected chi connectivity index (χ0v) is 16.2. The minimum atomic E-state index is -0.110. The molecule has 0 fully saturated rings. The van der Waals surface area contributed by atoms with Crippen LogP contribution in [0.4, 0.5) is 17.3 Å². The van der Waals surface area contributed by atoms with Gasteiger partial charge in [-0.2, -0.15) is 0 Å². The normalized spacial score (nSPS) is 10.5. The van der Waals surface area contributed by atoms with E-state index in [1.54, 1.807) is 17.3 Å². The Hall–Kier alpha value is -3.21. The average Bonchev–Trinajstić information content (AvgIpc) is 2.65. The largest absolute Gasteiger partial charge is 0.324 e. The van der Waals surface area contributed by atoms with Gasteiger partial charge in [0.15, 0.2) is 0 Å². The molecule has 0 saturated carbocycles. The van der Waals surface area contributed by atoms with Crippen LogP contribution in [0.25, 0.3) is 0 Å². The van der Waals surface area contributed by atoms with Crippen molar-refractivity contribution in [3.63, 3.8) is 0 Å². The summed E-state index contributed by atoms with van der Waals surface area (Å²) in [6.45, 7) is 8.64. The zero-order valence-electron chi connectivity index (χ0n) is 16.2. The van der Waals surface area contributed by atoms with Crippen molar-refractivity contribution in [2.24, 2.45) is 0 Å². The molecule has 0 bridgehead atoms. The Morgan fingerprint density at radius 3 is 2.33 bits per heavy atom. The highest BCUT2D eigenvalue weighted by molar-refractivity contribution is 6.05. The summed E-state index contributed by atoms with van der Waals surface area (Å²) in [6, 6.07) is 14.0. The highest BCUT2D eigenvalue weighted by Crippen LogP contribution is 2.21. The van der Waals surface area contributed by atoms with Gasteiger partial charge in [-0.05, 0) is 57.0 Å². The van der Waals surface area contributed by atoms with E-state index in [1.807, 2.05) is 57.2 Å². The molecular formula is C22H24N4O. The molecule has 0 spiro atoms. The quantitative estimate of drug-likeness (QED) is 0.709. The van der Waals surface area contributed by atoms with Crippen molar-refractivity contribution in [3.05, 3.63) is 77.1 Å². The van der Waals surface area contributed by atoms with Crippen LogP contribution >= 0.6 is 0 Å². The van der Waals surface area contributed by atoms with E-state index in [9.17, 15) is 4.79 Å². The van der Waals surface area contributed by atoms with Crippen molar-refractivity contribution in [2.45, 2.75) is 27.7 Å². The monoisotopic (exact) mass is 360 g/mol. The van der Waals surface area contributed by atoms with Gasteiger partial charge in [-0.1, -0.05) is 29.8 Å². The first-order valence-corrected chi connectivity index (χ1v) is 9.03. The lowest BCUT2D eigenvalue weighted by molar-refractivity contribution is 0.0987.